The molecule has 5 aromatic carbocycles. The molecule has 2 heterocycles. The molecule has 36 heavy (non-hydrogen) atoms. The Balaban J connectivity index is 1.59. The van der Waals surface area contributed by atoms with E-state index in [4.69, 9.17) is 4.42 Å². The molecule has 0 aliphatic heterocycles. The predicted molar refractivity (Wildman–Crippen MR) is 151 cm³/mol. The van der Waals surface area contributed by atoms with Crippen LogP contribution in [0.3, 0.4) is 0 Å². The molecule has 0 saturated carbocycles. The molecule has 2 heteroatoms. The molecule has 172 valence electrons. The third-order valence-electron chi connectivity index (χ3n) is 7.36. The SMILES string of the molecule is Cc1oc2cc3c4ccccc4n(-c4cc(-c5ccccc5)cc(-c5ccccc5)c4)c3cc2c1C. The molecule has 0 fully saturated rings. The summed E-state index contributed by atoms with van der Waals surface area (Å²) in [7, 11) is 0. The minimum absolute atomic E-state index is 0.948. The highest BCUT2D eigenvalue weighted by molar-refractivity contribution is 6.13. The maximum absolute atomic E-state index is 6.12. The Labute approximate surface area is 210 Å². The van der Waals surface area contributed by atoms with Crippen LogP contribution < -0.4 is 0 Å². The summed E-state index contributed by atoms with van der Waals surface area (Å²) in [6.07, 6.45) is 0. The van der Waals surface area contributed by atoms with Crippen LogP contribution >= 0.6 is 0 Å². The van der Waals surface area contributed by atoms with E-state index < -0.39 is 0 Å². The quantitative estimate of drug-likeness (QED) is 0.255. The summed E-state index contributed by atoms with van der Waals surface area (Å²) in [6.45, 7) is 4.19. The lowest BCUT2D eigenvalue weighted by Crippen LogP contribution is -1.96. The summed E-state index contributed by atoms with van der Waals surface area (Å²) in [5, 5.41) is 3.61. The van der Waals surface area contributed by atoms with Crippen LogP contribution in [0.5, 0.6) is 0 Å². The first kappa shape index (κ1) is 20.8. The monoisotopic (exact) mass is 463 g/mol. The number of hydrogen-bond donors (Lipinski definition) is 0. The van der Waals surface area contributed by atoms with Gasteiger partial charge in [0.15, 0.2) is 0 Å². The van der Waals surface area contributed by atoms with Gasteiger partial charge in [-0.05, 0) is 78.1 Å². The smallest absolute Gasteiger partial charge is 0.135 e. The van der Waals surface area contributed by atoms with E-state index in [1.807, 2.05) is 6.92 Å². The van der Waals surface area contributed by atoms with E-state index in [1.54, 1.807) is 0 Å². The molecule has 2 aromatic heterocycles. The fourth-order valence-electron chi connectivity index (χ4n) is 5.42. The van der Waals surface area contributed by atoms with E-state index in [0.717, 1.165) is 17.0 Å². The van der Waals surface area contributed by atoms with Crippen molar-refractivity contribution in [2.45, 2.75) is 13.8 Å². The topological polar surface area (TPSA) is 18.1 Å². The summed E-state index contributed by atoms with van der Waals surface area (Å²) in [5.74, 6) is 0.978. The normalized spacial score (nSPS) is 11.6. The number of furan rings is 1. The molecule has 0 aliphatic carbocycles. The first-order valence-electron chi connectivity index (χ1n) is 12.4. The Bertz CT molecular complexity index is 1830. The third kappa shape index (κ3) is 3.19. The number of aromatic nitrogens is 1. The third-order valence-corrected chi connectivity index (χ3v) is 7.36. The highest BCUT2D eigenvalue weighted by Gasteiger charge is 2.17. The summed E-state index contributed by atoms with van der Waals surface area (Å²) in [6, 6.07) is 41.4. The lowest BCUT2D eigenvalue weighted by Gasteiger charge is -2.14. The summed E-state index contributed by atoms with van der Waals surface area (Å²) >= 11 is 0. The molecule has 0 radical (unpaired) electrons. The van der Waals surface area contributed by atoms with Crippen LogP contribution in [0.1, 0.15) is 11.3 Å². The van der Waals surface area contributed by atoms with Crippen LogP contribution in [0.25, 0.3) is 60.7 Å². The number of nitrogens with zero attached hydrogens (tertiary/aromatic N) is 1. The minimum Gasteiger partial charge on any atom is -0.461 e. The van der Waals surface area contributed by atoms with Crippen molar-refractivity contribution >= 4 is 32.8 Å². The highest BCUT2D eigenvalue weighted by atomic mass is 16.3. The Morgan fingerprint density at radius 2 is 1.11 bits per heavy atom. The van der Waals surface area contributed by atoms with Gasteiger partial charge in [0.25, 0.3) is 0 Å². The van der Waals surface area contributed by atoms with E-state index in [0.29, 0.717) is 0 Å². The van der Waals surface area contributed by atoms with Crippen molar-refractivity contribution < 1.29 is 4.42 Å². The zero-order chi connectivity index (χ0) is 24.2. The number of fused-ring (bicyclic) bond motifs is 4. The van der Waals surface area contributed by atoms with E-state index in [9.17, 15) is 0 Å². The van der Waals surface area contributed by atoms with Gasteiger partial charge in [-0.15, -0.1) is 0 Å². The van der Waals surface area contributed by atoms with E-state index >= 15 is 0 Å². The number of para-hydroxylation sites is 1. The molecular formula is C34H25NO. The first-order chi connectivity index (χ1) is 17.7. The predicted octanol–water partition coefficient (Wildman–Crippen LogP) is 9.48. The van der Waals surface area contributed by atoms with Crippen LogP contribution in [0, 0.1) is 13.8 Å². The van der Waals surface area contributed by atoms with Gasteiger partial charge < -0.3 is 8.98 Å². The maximum Gasteiger partial charge on any atom is 0.135 e. The van der Waals surface area contributed by atoms with Crippen LogP contribution in [-0.2, 0) is 0 Å². The molecule has 0 atom stereocenters. The highest BCUT2D eigenvalue weighted by Crippen LogP contribution is 2.39. The maximum atomic E-state index is 6.12. The molecule has 0 spiro atoms. The van der Waals surface area contributed by atoms with Gasteiger partial charge in [-0.2, -0.15) is 0 Å². The molecule has 0 bridgehead atoms. The van der Waals surface area contributed by atoms with Gasteiger partial charge in [-0.1, -0.05) is 78.9 Å². The molecule has 0 saturated heterocycles. The number of benzene rings is 5. The van der Waals surface area contributed by atoms with Gasteiger partial charge in [0, 0.05) is 21.8 Å². The van der Waals surface area contributed by atoms with Crippen molar-refractivity contribution in [2.75, 3.05) is 0 Å². The largest absolute Gasteiger partial charge is 0.461 e. The average Bonchev–Trinajstić information content (AvgIpc) is 3.41. The Morgan fingerprint density at radius 1 is 0.500 bits per heavy atom. The lowest BCUT2D eigenvalue weighted by molar-refractivity contribution is 0.575. The zero-order valence-corrected chi connectivity index (χ0v) is 20.3. The molecule has 7 aromatic rings. The Hall–Kier alpha value is -4.56. The van der Waals surface area contributed by atoms with Gasteiger partial charge in [-0.3, -0.25) is 0 Å². The number of hydrogen-bond acceptors (Lipinski definition) is 1. The summed E-state index contributed by atoms with van der Waals surface area (Å²) in [5.41, 5.74) is 10.5. The first-order valence-corrected chi connectivity index (χ1v) is 12.4. The second-order valence-electron chi connectivity index (χ2n) is 9.50. The van der Waals surface area contributed by atoms with E-state index in [-0.39, 0.29) is 0 Å². The van der Waals surface area contributed by atoms with Crippen molar-refractivity contribution in [3.8, 4) is 27.9 Å². The average molecular weight is 464 g/mol. The molecule has 0 N–H and O–H groups in total. The molecule has 2 nitrogen and oxygen atoms in total. The zero-order valence-electron chi connectivity index (χ0n) is 20.3. The van der Waals surface area contributed by atoms with Gasteiger partial charge in [0.05, 0.1) is 11.0 Å². The van der Waals surface area contributed by atoms with Crippen molar-refractivity contribution in [3.63, 3.8) is 0 Å². The van der Waals surface area contributed by atoms with Gasteiger partial charge in [-0.25, -0.2) is 0 Å². The lowest BCUT2D eigenvalue weighted by atomic mass is 9.98. The summed E-state index contributed by atoms with van der Waals surface area (Å²) in [4.78, 5) is 0. The Morgan fingerprint density at radius 3 is 1.78 bits per heavy atom. The van der Waals surface area contributed by atoms with Crippen LogP contribution in [0.15, 0.2) is 120 Å². The molecule has 0 unspecified atom stereocenters. The van der Waals surface area contributed by atoms with Crippen molar-refractivity contribution in [3.05, 3.63) is 127 Å². The summed E-state index contributed by atoms with van der Waals surface area (Å²) < 4.78 is 8.52. The van der Waals surface area contributed by atoms with Crippen LogP contribution in [0.4, 0.5) is 0 Å². The standard InChI is InChI=1S/C34H25NO/c1-22-23(2)36-34-21-31-29-15-9-10-16-32(29)35(33(31)20-30(22)34)28-18-26(24-11-5-3-6-12-24)17-27(19-28)25-13-7-4-8-14-25/h3-21H,1-2H3. The van der Waals surface area contributed by atoms with Crippen molar-refractivity contribution in [1.82, 2.24) is 4.57 Å². The van der Waals surface area contributed by atoms with Crippen LogP contribution in [0.2, 0.25) is 0 Å². The van der Waals surface area contributed by atoms with E-state index in [2.05, 4.69) is 127 Å². The number of rotatable bonds is 3. The van der Waals surface area contributed by atoms with Crippen molar-refractivity contribution in [1.29, 1.82) is 0 Å². The van der Waals surface area contributed by atoms with Gasteiger partial charge >= 0.3 is 0 Å². The number of aryl methyl sites for hydroxylation is 2. The minimum atomic E-state index is 0.948. The van der Waals surface area contributed by atoms with Gasteiger partial charge in [0.2, 0.25) is 0 Å². The molecular weight excluding hydrogens is 438 g/mol. The van der Waals surface area contributed by atoms with E-state index in [1.165, 1.54) is 55.0 Å². The molecule has 7 rings (SSSR count). The second-order valence-corrected chi connectivity index (χ2v) is 9.50. The fourth-order valence-corrected chi connectivity index (χ4v) is 5.42. The van der Waals surface area contributed by atoms with Crippen molar-refractivity contribution in [2.24, 2.45) is 0 Å². The second kappa shape index (κ2) is 8.00. The fraction of sp³-hybridized carbons (Fsp3) is 0.0588. The van der Waals surface area contributed by atoms with Crippen LogP contribution in [-0.4, -0.2) is 4.57 Å². The van der Waals surface area contributed by atoms with Gasteiger partial charge in [0.1, 0.15) is 11.3 Å². The molecule has 0 amide bonds. The Kier molecular flexibility index (Phi) is 4.62. The molecule has 0 aliphatic rings.